The van der Waals surface area contributed by atoms with Crippen molar-refractivity contribution in [2.75, 3.05) is 18.0 Å². The maximum atomic E-state index is 11.9. The Morgan fingerprint density at radius 2 is 1.91 bits per heavy atom. The van der Waals surface area contributed by atoms with Crippen LogP contribution in [0, 0.1) is 0 Å². The van der Waals surface area contributed by atoms with Gasteiger partial charge in [-0.05, 0) is 44.2 Å². The summed E-state index contributed by atoms with van der Waals surface area (Å²) in [7, 11) is 0. The van der Waals surface area contributed by atoms with Crippen LogP contribution in [0.4, 0.5) is 5.88 Å². The molecule has 2 aromatic rings. The molecule has 22 heavy (non-hydrogen) atoms. The minimum absolute atomic E-state index is 0.265. The van der Waals surface area contributed by atoms with E-state index in [1.54, 1.807) is 12.1 Å². The number of furan rings is 1. The number of halogens is 1. The zero-order valence-electron chi connectivity index (χ0n) is 12.5. The second-order valence-electron chi connectivity index (χ2n) is 4.55. The standard InChI is InChI=1S/C16H18BrN3O2/c1-3-20(4-2)15-10-9-14(22-15)11-18-19-16(21)12-5-7-13(17)8-6-12/h5-11H,3-4H2,1-2H3,(H,19,21)/b18-11+. The first-order valence-corrected chi connectivity index (χ1v) is 7.87. The van der Waals surface area contributed by atoms with E-state index >= 15 is 0 Å². The average Bonchev–Trinajstić information content (AvgIpc) is 2.98. The van der Waals surface area contributed by atoms with Crippen LogP contribution in [0.15, 0.2) is 50.4 Å². The van der Waals surface area contributed by atoms with Gasteiger partial charge in [0.05, 0.1) is 6.21 Å². The van der Waals surface area contributed by atoms with Crippen LogP contribution in [-0.2, 0) is 0 Å². The molecule has 0 aliphatic carbocycles. The third-order valence-electron chi connectivity index (χ3n) is 3.15. The molecule has 0 saturated carbocycles. The largest absolute Gasteiger partial charge is 0.440 e. The van der Waals surface area contributed by atoms with Crippen LogP contribution in [0.2, 0.25) is 0 Å². The number of rotatable bonds is 6. The molecule has 1 aromatic carbocycles. The summed E-state index contributed by atoms with van der Waals surface area (Å²) < 4.78 is 6.57. The van der Waals surface area contributed by atoms with Crippen molar-refractivity contribution in [3.05, 3.63) is 52.2 Å². The van der Waals surface area contributed by atoms with Crippen molar-refractivity contribution in [3.63, 3.8) is 0 Å². The fourth-order valence-electron chi connectivity index (χ4n) is 1.94. The molecule has 0 aliphatic rings. The number of hydrazone groups is 1. The summed E-state index contributed by atoms with van der Waals surface area (Å²) in [5.41, 5.74) is 3.02. The van der Waals surface area contributed by atoms with Crippen molar-refractivity contribution >= 4 is 33.9 Å². The molecular formula is C16H18BrN3O2. The SMILES string of the molecule is CCN(CC)c1ccc(/C=N/NC(=O)c2ccc(Br)cc2)o1. The summed E-state index contributed by atoms with van der Waals surface area (Å²) >= 11 is 3.33. The number of carbonyl (C=O) groups is 1. The molecular weight excluding hydrogens is 346 g/mol. The summed E-state index contributed by atoms with van der Waals surface area (Å²) in [6, 6.07) is 10.8. The molecule has 6 heteroatoms. The number of hydrogen-bond donors (Lipinski definition) is 1. The van der Waals surface area contributed by atoms with Gasteiger partial charge in [0.25, 0.3) is 5.91 Å². The molecule has 0 saturated heterocycles. The number of amides is 1. The van der Waals surface area contributed by atoms with E-state index in [1.165, 1.54) is 6.21 Å². The van der Waals surface area contributed by atoms with Gasteiger partial charge >= 0.3 is 0 Å². The second-order valence-corrected chi connectivity index (χ2v) is 5.47. The maximum absolute atomic E-state index is 11.9. The van der Waals surface area contributed by atoms with Crippen molar-refractivity contribution < 1.29 is 9.21 Å². The van der Waals surface area contributed by atoms with E-state index in [4.69, 9.17) is 4.42 Å². The van der Waals surface area contributed by atoms with Crippen molar-refractivity contribution in [1.82, 2.24) is 5.43 Å². The van der Waals surface area contributed by atoms with Gasteiger partial charge in [0.15, 0.2) is 5.88 Å². The lowest BCUT2D eigenvalue weighted by Crippen LogP contribution is -2.20. The van der Waals surface area contributed by atoms with E-state index in [1.807, 2.05) is 24.3 Å². The molecule has 5 nitrogen and oxygen atoms in total. The molecule has 0 radical (unpaired) electrons. The average molecular weight is 364 g/mol. The van der Waals surface area contributed by atoms with Crippen LogP contribution in [0.1, 0.15) is 30.0 Å². The number of nitrogens with zero attached hydrogens (tertiary/aromatic N) is 2. The van der Waals surface area contributed by atoms with Crippen LogP contribution < -0.4 is 10.3 Å². The molecule has 1 aromatic heterocycles. The predicted molar refractivity (Wildman–Crippen MR) is 91.5 cm³/mol. The third-order valence-corrected chi connectivity index (χ3v) is 3.68. The van der Waals surface area contributed by atoms with E-state index < -0.39 is 0 Å². The van der Waals surface area contributed by atoms with Crippen molar-refractivity contribution in [2.45, 2.75) is 13.8 Å². The van der Waals surface area contributed by atoms with E-state index in [0.717, 1.165) is 23.4 Å². The highest BCUT2D eigenvalue weighted by molar-refractivity contribution is 9.10. The fourth-order valence-corrected chi connectivity index (χ4v) is 2.20. The Morgan fingerprint density at radius 1 is 1.23 bits per heavy atom. The van der Waals surface area contributed by atoms with Crippen molar-refractivity contribution in [3.8, 4) is 0 Å². The number of carbonyl (C=O) groups excluding carboxylic acids is 1. The van der Waals surface area contributed by atoms with E-state index in [0.29, 0.717) is 11.3 Å². The number of hydrogen-bond acceptors (Lipinski definition) is 4. The van der Waals surface area contributed by atoms with Gasteiger partial charge in [-0.15, -0.1) is 0 Å². The van der Waals surface area contributed by atoms with Gasteiger partial charge in [-0.2, -0.15) is 5.10 Å². The van der Waals surface area contributed by atoms with E-state index in [-0.39, 0.29) is 5.91 Å². The Bertz CT molecular complexity index is 646. The van der Waals surface area contributed by atoms with Gasteiger partial charge in [-0.1, -0.05) is 15.9 Å². The Labute approximate surface area is 138 Å². The zero-order valence-corrected chi connectivity index (χ0v) is 14.1. The van der Waals surface area contributed by atoms with Gasteiger partial charge < -0.3 is 9.32 Å². The quantitative estimate of drug-likeness (QED) is 0.629. The first-order valence-electron chi connectivity index (χ1n) is 7.07. The summed E-state index contributed by atoms with van der Waals surface area (Å²) in [6.45, 7) is 5.89. The molecule has 1 heterocycles. The highest BCUT2D eigenvalue weighted by Gasteiger charge is 2.07. The lowest BCUT2D eigenvalue weighted by atomic mass is 10.2. The van der Waals surface area contributed by atoms with Crippen molar-refractivity contribution in [1.29, 1.82) is 0 Å². The molecule has 1 amide bonds. The summed E-state index contributed by atoms with van der Waals surface area (Å²) in [5.74, 6) is 1.13. The molecule has 2 rings (SSSR count). The Hall–Kier alpha value is -2.08. The summed E-state index contributed by atoms with van der Waals surface area (Å²) in [5, 5.41) is 3.92. The zero-order chi connectivity index (χ0) is 15.9. The van der Waals surface area contributed by atoms with E-state index in [2.05, 4.69) is 45.2 Å². The lowest BCUT2D eigenvalue weighted by Gasteiger charge is -2.16. The van der Waals surface area contributed by atoms with Crippen LogP contribution in [0.5, 0.6) is 0 Å². The highest BCUT2D eigenvalue weighted by atomic mass is 79.9. The second kappa shape index (κ2) is 7.79. The normalized spacial score (nSPS) is 10.9. The Morgan fingerprint density at radius 3 is 2.55 bits per heavy atom. The smallest absolute Gasteiger partial charge is 0.271 e. The summed E-state index contributed by atoms with van der Waals surface area (Å²) in [6.07, 6.45) is 1.49. The third kappa shape index (κ3) is 4.21. The molecule has 116 valence electrons. The number of nitrogens with one attached hydrogen (secondary N) is 1. The minimum atomic E-state index is -0.265. The van der Waals surface area contributed by atoms with Gasteiger partial charge in [-0.3, -0.25) is 4.79 Å². The van der Waals surface area contributed by atoms with Crippen LogP contribution >= 0.6 is 15.9 Å². The fraction of sp³-hybridized carbons (Fsp3) is 0.250. The maximum Gasteiger partial charge on any atom is 0.271 e. The van der Waals surface area contributed by atoms with Crippen LogP contribution in [-0.4, -0.2) is 25.2 Å². The highest BCUT2D eigenvalue weighted by Crippen LogP contribution is 2.16. The molecule has 0 unspecified atom stereocenters. The molecule has 0 bridgehead atoms. The Balaban J connectivity index is 1.95. The predicted octanol–water partition coefficient (Wildman–Crippen LogP) is 3.65. The minimum Gasteiger partial charge on any atom is -0.440 e. The molecule has 1 N–H and O–H groups in total. The van der Waals surface area contributed by atoms with Gasteiger partial charge in [-0.25, -0.2) is 5.43 Å². The molecule has 0 atom stereocenters. The molecule has 0 fully saturated rings. The monoisotopic (exact) mass is 363 g/mol. The lowest BCUT2D eigenvalue weighted by molar-refractivity contribution is 0.0955. The topological polar surface area (TPSA) is 57.8 Å². The molecule has 0 spiro atoms. The molecule has 0 aliphatic heterocycles. The van der Waals surface area contributed by atoms with Gasteiger partial charge in [0, 0.05) is 29.2 Å². The van der Waals surface area contributed by atoms with Gasteiger partial charge in [0.1, 0.15) is 5.76 Å². The van der Waals surface area contributed by atoms with Crippen LogP contribution in [0.25, 0.3) is 0 Å². The van der Waals surface area contributed by atoms with Gasteiger partial charge in [0.2, 0.25) is 0 Å². The van der Waals surface area contributed by atoms with Crippen LogP contribution in [0.3, 0.4) is 0 Å². The number of benzene rings is 1. The Kier molecular flexibility index (Phi) is 5.77. The summed E-state index contributed by atoms with van der Waals surface area (Å²) in [4.78, 5) is 14.0. The first-order chi connectivity index (χ1) is 10.6. The first kappa shape index (κ1) is 16.3. The number of anilines is 1. The van der Waals surface area contributed by atoms with Crippen molar-refractivity contribution in [2.24, 2.45) is 5.10 Å². The van der Waals surface area contributed by atoms with E-state index in [9.17, 15) is 4.79 Å².